The van der Waals surface area contributed by atoms with Crippen LogP contribution in [0.4, 0.5) is 5.69 Å². The lowest BCUT2D eigenvalue weighted by Crippen LogP contribution is -2.56. The van der Waals surface area contributed by atoms with Gasteiger partial charge in [-0.2, -0.15) is 0 Å². The number of piperidine rings is 3. The molecular weight excluding hydrogens is 937 g/mol. The van der Waals surface area contributed by atoms with E-state index in [9.17, 15) is 42.0 Å². The van der Waals surface area contributed by atoms with E-state index in [1.54, 1.807) is 23.9 Å². The molecule has 376 valence electrons. The Morgan fingerprint density at radius 1 is 0.857 bits per heavy atom. The first kappa shape index (κ1) is 48.7. The number of imide groups is 2. The summed E-state index contributed by atoms with van der Waals surface area (Å²) in [7, 11) is -3.36. The topological polar surface area (TPSA) is 230 Å². The van der Waals surface area contributed by atoms with E-state index < -0.39 is 45.6 Å². The Balaban J connectivity index is 0.657. The molecule has 70 heavy (non-hydrogen) atoms. The fourth-order valence-corrected chi connectivity index (χ4v) is 13.9. The molecule has 6 unspecified atom stereocenters. The molecule has 6 saturated heterocycles. The zero-order chi connectivity index (χ0) is 48.9. The lowest BCUT2D eigenvalue weighted by atomic mass is 9.79. The van der Waals surface area contributed by atoms with Crippen molar-refractivity contribution in [2.75, 3.05) is 88.9 Å². The molecule has 0 aromatic heterocycles. The van der Waals surface area contributed by atoms with E-state index in [-0.39, 0.29) is 66.3 Å². The summed E-state index contributed by atoms with van der Waals surface area (Å²) in [5.41, 5.74) is 3.22. The van der Waals surface area contributed by atoms with Gasteiger partial charge in [-0.25, -0.2) is 12.7 Å². The lowest BCUT2D eigenvalue weighted by molar-refractivity contribution is -0.140. The van der Waals surface area contributed by atoms with Gasteiger partial charge in [-0.15, -0.1) is 11.8 Å². The second-order valence-electron chi connectivity index (χ2n) is 20.6. The number of nitrogens with zero attached hydrogens (tertiary/aromatic N) is 5. The molecule has 7 heterocycles. The van der Waals surface area contributed by atoms with Gasteiger partial charge in [0.15, 0.2) is 0 Å². The number of thioether (sulfide) groups is 1. The molecule has 19 nitrogen and oxygen atoms in total. The van der Waals surface area contributed by atoms with E-state index in [0.717, 1.165) is 119 Å². The van der Waals surface area contributed by atoms with Gasteiger partial charge in [0.2, 0.25) is 39.6 Å². The molecule has 1 saturated carbocycles. The second kappa shape index (κ2) is 19.9. The van der Waals surface area contributed by atoms with E-state index in [2.05, 4.69) is 65.5 Å². The first-order chi connectivity index (χ1) is 33.6. The molecule has 7 amide bonds. The number of nitrogens with one attached hydrogen (secondary N) is 5. The largest absolute Gasteiger partial charge is 0.371 e. The Labute approximate surface area is 413 Å². The third-order valence-electron chi connectivity index (χ3n) is 16.1. The van der Waals surface area contributed by atoms with Crippen LogP contribution >= 0.6 is 11.8 Å². The quantitative estimate of drug-likeness (QED) is 0.176. The molecular formula is C49H64N10O9S2. The third-order valence-corrected chi connectivity index (χ3v) is 18.5. The normalized spacial score (nSPS) is 28.7. The number of carbonyl (C=O) groups excluding carboxylic acids is 7. The van der Waals surface area contributed by atoms with Crippen LogP contribution in [0.5, 0.6) is 0 Å². The number of benzene rings is 2. The van der Waals surface area contributed by atoms with Crippen LogP contribution in [0.3, 0.4) is 0 Å². The summed E-state index contributed by atoms with van der Waals surface area (Å²) in [6.45, 7) is 6.89. The number of hydrogen-bond donors (Lipinski definition) is 5. The van der Waals surface area contributed by atoms with Crippen LogP contribution in [-0.2, 0) is 34.0 Å². The molecule has 7 fully saturated rings. The van der Waals surface area contributed by atoms with Crippen LogP contribution in [0.15, 0.2) is 42.5 Å². The first-order valence-electron chi connectivity index (χ1n) is 25.0. The molecule has 21 heteroatoms. The summed E-state index contributed by atoms with van der Waals surface area (Å²) in [6, 6.07) is 13.2. The molecule has 5 N–H and O–H groups in total. The molecule has 0 spiro atoms. The second-order valence-corrected chi connectivity index (χ2v) is 23.7. The number of sulfonamides is 1. The van der Waals surface area contributed by atoms with Crippen LogP contribution in [0.2, 0.25) is 0 Å². The summed E-state index contributed by atoms with van der Waals surface area (Å²) in [4.78, 5) is 98.4. The van der Waals surface area contributed by atoms with E-state index in [1.807, 2.05) is 6.07 Å². The molecule has 0 radical (unpaired) electrons. The number of rotatable bonds is 13. The number of hydrogen-bond acceptors (Lipinski definition) is 14. The van der Waals surface area contributed by atoms with Gasteiger partial charge >= 0.3 is 0 Å². The van der Waals surface area contributed by atoms with Gasteiger partial charge in [-0.05, 0) is 99.1 Å². The average Bonchev–Trinajstić information content (AvgIpc) is 3.63. The molecule has 8 aliphatic rings. The van der Waals surface area contributed by atoms with E-state index >= 15 is 0 Å². The summed E-state index contributed by atoms with van der Waals surface area (Å²) in [5, 5.41) is 15.2. The molecule has 6 atom stereocenters. The van der Waals surface area contributed by atoms with Crippen molar-refractivity contribution in [3.8, 4) is 0 Å². The van der Waals surface area contributed by atoms with Gasteiger partial charge in [0.05, 0.1) is 35.3 Å². The number of amides is 7. The van der Waals surface area contributed by atoms with Crippen LogP contribution < -0.4 is 31.5 Å². The maximum Gasteiger partial charge on any atom is 0.262 e. The van der Waals surface area contributed by atoms with Crippen LogP contribution in [-0.4, -0.2) is 170 Å². The summed E-state index contributed by atoms with van der Waals surface area (Å²) in [6.07, 6.45) is 7.46. The Kier molecular flexibility index (Phi) is 13.9. The number of fused-ring (bicyclic) bond motifs is 1. The number of carbonyl (C=O) groups is 7. The predicted molar refractivity (Wildman–Crippen MR) is 261 cm³/mol. The molecule has 2 aromatic rings. The minimum atomic E-state index is -3.36. The minimum absolute atomic E-state index is 0.0335. The van der Waals surface area contributed by atoms with E-state index in [0.29, 0.717) is 36.3 Å². The van der Waals surface area contributed by atoms with Gasteiger partial charge in [0.25, 0.3) is 11.8 Å². The summed E-state index contributed by atoms with van der Waals surface area (Å²) >= 11 is 1.60. The summed E-state index contributed by atoms with van der Waals surface area (Å²) in [5.74, 6) is -1.21. The first-order valence-corrected chi connectivity index (χ1v) is 27.9. The van der Waals surface area contributed by atoms with Crippen LogP contribution in [0.1, 0.15) is 102 Å². The Morgan fingerprint density at radius 3 is 2.34 bits per heavy atom. The molecule has 10 rings (SSSR count). The highest BCUT2D eigenvalue weighted by atomic mass is 32.2. The fourth-order valence-electron chi connectivity index (χ4n) is 11.9. The van der Waals surface area contributed by atoms with Crippen molar-refractivity contribution < 1.29 is 42.0 Å². The molecule has 1 aliphatic carbocycles. The van der Waals surface area contributed by atoms with E-state index in [1.165, 1.54) is 9.87 Å². The van der Waals surface area contributed by atoms with Crippen molar-refractivity contribution >= 4 is 68.8 Å². The number of piperazine rings is 1. The highest BCUT2D eigenvalue weighted by molar-refractivity contribution is 8.00. The van der Waals surface area contributed by atoms with Crippen molar-refractivity contribution in [2.24, 2.45) is 17.3 Å². The van der Waals surface area contributed by atoms with Crippen LogP contribution in [0.25, 0.3) is 0 Å². The Morgan fingerprint density at radius 2 is 1.61 bits per heavy atom. The summed E-state index contributed by atoms with van der Waals surface area (Å²) < 4.78 is 25.0. The van der Waals surface area contributed by atoms with Crippen molar-refractivity contribution in [2.45, 2.75) is 87.3 Å². The van der Waals surface area contributed by atoms with Crippen molar-refractivity contribution in [3.63, 3.8) is 0 Å². The maximum absolute atomic E-state index is 14.3. The zero-order valence-corrected chi connectivity index (χ0v) is 41.3. The number of anilines is 1. The standard InChI is InChI=1S/C49H64N10O9S2/c1-70(67,68)58-18-12-34(28-58)43(62)51-26-42(61)54-48-52-38(29-69-48)33-4-2-3-31(23-33)32-9-15-50-40(24-32)49(13-14-49)47(66)57-21-19-55(20-22-57)27-30-10-16-56(17-11-30)35-5-6-36-37(25-35)46(65)59(45(36)64)39-7-8-41(60)53-44(39)63/h2-6,23,25,30,32,34,38-40,48,50,52H,7-22,24,26-29H2,1H3,(H,51,62)(H,54,61)(H,53,60,63). The minimum Gasteiger partial charge on any atom is -0.371 e. The SMILES string of the molecule is CS(=O)(=O)N1CCC(C(=O)NCC(=O)NC2NC(c3cccc(C4CCNC(C5(C(=O)N6CCN(CC7CCN(c8ccc9c(c8)C(=O)N(C8CCC(=O)NC8=O)C9=O)CC7)CC6)CC5)C4)c3)CS2)C1. The Hall–Kier alpha value is -4.93. The monoisotopic (exact) mass is 1000 g/mol. The Bertz CT molecular complexity index is 2540. The zero-order valence-electron chi connectivity index (χ0n) is 39.7. The van der Waals surface area contributed by atoms with E-state index in [4.69, 9.17) is 0 Å². The smallest absolute Gasteiger partial charge is 0.262 e. The van der Waals surface area contributed by atoms with Gasteiger partial charge in [-0.3, -0.25) is 54.0 Å². The van der Waals surface area contributed by atoms with Gasteiger partial charge in [0.1, 0.15) is 11.5 Å². The predicted octanol–water partition coefficient (Wildman–Crippen LogP) is 0.939. The average molecular weight is 1000 g/mol. The van der Waals surface area contributed by atoms with Gasteiger partial charge in [0, 0.05) is 88.8 Å². The fraction of sp³-hybridized carbons (Fsp3) is 0.612. The molecule has 2 aromatic carbocycles. The lowest BCUT2D eigenvalue weighted by Gasteiger charge is -2.42. The van der Waals surface area contributed by atoms with Crippen molar-refractivity contribution in [1.82, 2.24) is 45.6 Å². The van der Waals surface area contributed by atoms with Gasteiger partial charge in [-0.1, -0.05) is 24.3 Å². The third kappa shape index (κ3) is 10.1. The maximum atomic E-state index is 14.3. The highest BCUT2D eigenvalue weighted by Gasteiger charge is 2.58. The van der Waals surface area contributed by atoms with Gasteiger partial charge < -0.3 is 25.8 Å². The van der Waals surface area contributed by atoms with Crippen LogP contribution in [0, 0.1) is 17.3 Å². The van der Waals surface area contributed by atoms with Crippen molar-refractivity contribution in [3.05, 3.63) is 64.7 Å². The highest BCUT2D eigenvalue weighted by Crippen LogP contribution is 2.53. The van der Waals surface area contributed by atoms with Crippen molar-refractivity contribution in [1.29, 1.82) is 0 Å². The molecule has 7 aliphatic heterocycles. The molecule has 0 bridgehead atoms.